The van der Waals surface area contributed by atoms with Gasteiger partial charge in [0.15, 0.2) is 0 Å². The van der Waals surface area contributed by atoms with E-state index in [1.54, 1.807) is 11.5 Å². The Morgan fingerprint density at radius 3 is 2.14 bits per heavy atom. The van der Waals surface area contributed by atoms with Gasteiger partial charge in [0.25, 0.3) is 5.56 Å². The van der Waals surface area contributed by atoms with E-state index in [0.29, 0.717) is 29.9 Å². The highest BCUT2D eigenvalue weighted by molar-refractivity contribution is 5.37. The molecule has 0 amide bonds. The summed E-state index contributed by atoms with van der Waals surface area (Å²) in [5, 5.41) is 0. The number of alkyl halides is 3. The van der Waals surface area contributed by atoms with Gasteiger partial charge in [-0.05, 0) is 35.7 Å². The summed E-state index contributed by atoms with van der Waals surface area (Å²) in [6.45, 7) is 3.80. The summed E-state index contributed by atoms with van der Waals surface area (Å²) >= 11 is 0. The van der Waals surface area contributed by atoms with E-state index in [2.05, 4.69) is 17.0 Å². The SMILES string of the molecule is Cc1nc2c(c(=O)n1C(c1ccccc1)c1ccc(C(F)(F)F)cc1)CN(Cc1ccccc1)CC2. The van der Waals surface area contributed by atoms with E-state index in [-0.39, 0.29) is 5.56 Å². The molecule has 0 saturated carbocycles. The molecular weight excluding hydrogens is 463 g/mol. The summed E-state index contributed by atoms with van der Waals surface area (Å²) in [5.41, 5.74) is 3.16. The quantitative estimate of drug-likeness (QED) is 0.357. The fourth-order valence-corrected chi connectivity index (χ4v) is 4.93. The zero-order chi connectivity index (χ0) is 25.3. The average Bonchev–Trinajstić information content (AvgIpc) is 2.88. The molecule has 7 heteroatoms. The van der Waals surface area contributed by atoms with Crippen molar-refractivity contribution in [2.45, 2.75) is 38.7 Å². The second-order valence-corrected chi connectivity index (χ2v) is 9.14. The van der Waals surface area contributed by atoms with Crippen LogP contribution in [0.3, 0.4) is 0 Å². The Hall–Kier alpha value is -3.71. The third-order valence-electron chi connectivity index (χ3n) is 6.69. The van der Waals surface area contributed by atoms with Crippen molar-refractivity contribution in [2.75, 3.05) is 6.54 Å². The molecule has 184 valence electrons. The maximum Gasteiger partial charge on any atom is 0.416 e. The molecular formula is C29H26F3N3O. The van der Waals surface area contributed by atoms with Gasteiger partial charge in [0.1, 0.15) is 5.82 Å². The lowest BCUT2D eigenvalue weighted by Crippen LogP contribution is -2.40. The Morgan fingerprint density at radius 2 is 1.50 bits per heavy atom. The molecule has 0 spiro atoms. The molecule has 0 N–H and O–H groups in total. The summed E-state index contributed by atoms with van der Waals surface area (Å²) in [5.74, 6) is 0.545. The molecule has 4 nitrogen and oxygen atoms in total. The largest absolute Gasteiger partial charge is 0.416 e. The summed E-state index contributed by atoms with van der Waals surface area (Å²) < 4.78 is 41.2. The first-order valence-electron chi connectivity index (χ1n) is 11.9. The topological polar surface area (TPSA) is 38.1 Å². The third kappa shape index (κ3) is 4.84. The number of fused-ring (bicyclic) bond motifs is 1. The summed E-state index contributed by atoms with van der Waals surface area (Å²) in [6, 6.07) is 23.9. The van der Waals surface area contributed by atoms with Crippen LogP contribution >= 0.6 is 0 Å². The monoisotopic (exact) mass is 489 g/mol. The van der Waals surface area contributed by atoms with Gasteiger partial charge in [-0.2, -0.15) is 13.2 Å². The van der Waals surface area contributed by atoms with Crippen LogP contribution in [0, 0.1) is 6.92 Å². The van der Waals surface area contributed by atoms with Crippen molar-refractivity contribution in [3.8, 4) is 0 Å². The Morgan fingerprint density at radius 1 is 0.889 bits per heavy atom. The molecule has 0 bridgehead atoms. The van der Waals surface area contributed by atoms with Crippen molar-refractivity contribution in [1.82, 2.24) is 14.5 Å². The van der Waals surface area contributed by atoms with E-state index < -0.39 is 17.8 Å². The van der Waals surface area contributed by atoms with Crippen molar-refractivity contribution >= 4 is 0 Å². The summed E-state index contributed by atoms with van der Waals surface area (Å²) in [4.78, 5) is 21.0. The molecule has 36 heavy (non-hydrogen) atoms. The predicted octanol–water partition coefficient (Wildman–Crippen LogP) is 5.77. The van der Waals surface area contributed by atoms with Gasteiger partial charge in [0, 0.05) is 26.1 Å². The first kappa shape index (κ1) is 24.0. The first-order valence-corrected chi connectivity index (χ1v) is 11.9. The van der Waals surface area contributed by atoms with Gasteiger partial charge in [-0.15, -0.1) is 0 Å². The molecule has 2 heterocycles. The molecule has 1 unspecified atom stereocenters. The highest BCUT2D eigenvalue weighted by Gasteiger charge is 2.31. The Kier molecular flexibility index (Phi) is 6.49. The minimum atomic E-state index is -4.43. The maximum atomic E-state index is 14.0. The second kappa shape index (κ2) is 9.74. The van der Waals surface area contributed by atoms with Crippen molar-refractivity contribution in [1.29, 1.82) is 0 Å². The van der Waals surface area contributed by atoms with E-state index in [4.69, 9.17) is 4.98 Å². The Labute approximate surface area is 207 Å². The normalized spacial score (nSPS) is 14.9. The van der Waals surface area contributed by atoms with Gasteiger partial charge in [0.2, 0.25) is 0 Å². The van der Waals surface area contributed by atoms with Crippen LogP contribution in [-0.4, -0.2) is 21.0 Å². The van der Waals surface area contributed by atoms with Crippen LogP contribution in [0.15, 0.2) is 89.7 Å². The molecule has 1 atom stereocenters. The van der Waals surface area contributed by atoms with E-state index in [1.807, 2.05) is 48.5 Å². The fraction of sp³-hybridized carbons (Fsp3) is 0.241. The molecule has 1 aliphatic rings. The number of hydrogen-bond donors (Lipinski definition) is 0. The van der Waals surface area contributed by atoms with E-state index in [1.165, 1.54) is 17.7 Å². The van der Waals surface area contributed by atoms with Gasteiger partial charge in [-0.25, -0.2) is 4.98 Å². The number of hydrogen-bond acceptors (Lipinski definition) is 3. The third-order valence-corrected chi connectivity index (χ3v) is 6.69. The van der Waals surface area contributed by atoms with Crippen LogP contribution in [0.4, 0.5) is 13.2 Å². The van der Waals surface area contributed by atoms with Crippen LogP contribution in [0.1, 0.15) is 45.4 Å². The van der Waals surface area contributed by atoms with Gasteiger partial charge < -0.3 is 0 Å². The zero-order valence-electron chi connectivity index (χ0n) is 19.9. The van der Waals surface area contributed by atoms with Crippen molar-refractivity contribution in [3.63, 3.8) is 0 Å². The molecule has 1 aromatic heterocycles. The molecule has 0 saturated heterocycles. The predicted molar refractivity (Wildman–Crippen MR) is 133 cm³/mol. The minimum absolute atomic E-state index is 0.149. The van der Waals surface area contributed by atoms with Crippen molar-refractivity contribution in [3.05, 3.63) is 135 Å². The fourth-order valence-electron chi connectivity index (χ4n) is 4.93. The maximum absolute atomic E-state index is 14.0. The lowest BCUT2D eigenvalue weighted by molar-refractivity contribution is -0.137. The minimum Gasteiger partial charge on any atom is -0.294 e. The standard InChI is InChI=1S/C29H26F3N3O/c1-20-33-26-16-17-34(18-21-8-4-2-5-9-21)19-25(26)28(36)35(20)27(22-10-6-3-7-11-22)23-12-14-24(15-13-23)29(30,31)32/h2-15,27H,16-19H2,1H3. The molecule has 4 aromatic rings. The number of rotatable bonds is 5. The average molecular weight is 490 g/mol. The molecule has 5 rings (SSSR count). The number of benzene rings is 3. The van der Waals surface area contributed by atoms with Gasteiger partial charge >= 0.3 is 6.18 Å². The second-order valence-electron chi connectivity index (χ2n) is 9.14. The number of aromatic nitrogens is 2. The smallest absolute Gasteiger partial charge is 0.294 e. The van der Waals surface area contributed by atoms with E-state index in [0.717, 1.165) is 36.5 Å². The zero-order valence-corrected chi connectivity index (χ0v) is 19.9. The van der Waals surface area contributed by atoms with Crippen LogP contribution in [0.25, 0.3) is 0 Å². The van der Waals surface area contributed by atoms with E-state index in [9.17, 15) is 18.0 Å². The van der Waals surface area contributed by atoms with Crippen LogP contribution in [0.2, 0.25) is 0 Å². The van der Waals surface area contributed by atoms with Crippen LogP contribution in [0.5, 0.6) is 0 Å². The molecule has 0 aliphatic carbocycles. The molecule has 3 aromatic carbocycles. The Bertz CT molecular complexity index is 1400. The summed E-state index contributed by atoms with van der Waals surface area (Å²) in [7, 11) is 0. The molecule has 0 fully saturated rings. The van der Waals surface area contributed by atoms with Crippen molar-refractivity contribution < 1.29 is 13.2 Å². The number of aryl methyl sites for hydroxylation is 1. The van der Waals surface area contributed by atoms with Crippen LogP contribution < -0.4 is 5.56 Å². The van der Waals surface area contributed by atoms with Gasteiger partial charge in [0.05, 0.1) is 22.9 Å². The molecule has 0 radical (unpaired) electrons. The molecule has 1 aliphatic heterocycles. The highest BCUT2D eigenvalue weighted by atomic mass is 19.4. The highest BCUT2D eigenvalue weighted by Crippen LogP contribution is 2.32. The summed E-state index contributed by atoms with van der Waals surface area (Å²) in [6.07, 6.45) is -3.75. The van der Waals surface area contributed by atoms with Gasteiger partial charge in [-0.3, -0.25) is 14.3 Å². The first-order chi connectivity index (χ1) is 17.3. The van der Waals surface area contributed by atoms with Gasteiger partial charge in [-0.1, -0.05) is 72.8 Å². The van der Waals surface area contributed by atoms with E-state index >= 15 is 0 Å². The lowest BCUT2D eigenvalue weighted by Gasteiger charge is -2.30. The lowest BCUT2D eigenvalue weighted by atomic mass is 9.96. The Balaban J connectivity index is 1.57. The number of nitrogens with zero attached hydrogens (tertiary/aromatic N) is 3. The number of halogens is 3. The van der Waals surface area contributed by atoms with Crippen molar-refractivity contribution in [2.24, 2.45) is 0 Å². The van der Waals surface area contributed by atoms with Crippen LogP contribution in [-0.2, 0) is 25.7 Å².